The third kappa shape index (κ3) is 1.84. The van der Waals surface area contributed by atoms with Crippen LogP contribution in [0.1, 0.15) is 34.6 Å². The lowest BCUT2D eigenvalue weighted by Crippen LogP contribution is -2.12. The SMILES string of the molecule is C=CC=C1/C(=C\C)C(C)=C(/C=C\C)C1(C)C. The highest BCUT2D eigenvalue weighted by Crippen LogP contribution is 2.50. The Kier molecular flexibility index (Phi) is 3.74. The molecule has 0 atom stereocenters. The second-order valence-corrected chi connectivity index (χ2v) is 4.68. The van der Waals surface area contributed by atoms with E-state index in [-0.39, 0.29) is 5.41 Å². The molecular weight excluding hydrogens is 192 g/mol. The van der Waals surface area contributed by atoms with Gasteiger partial charge in [0.05, 0.1) is 0 Å². The molecule has 0 N–H and O–H groups in total. The van der Waals surface area contributed by atoms with Gasteiger partial charge in [0.2, 0.25) is 0 Å². The minimum atomic E-state index is 0.0899. The summed E-state index contributed by atoms with van der Waals surface area (Å²) in [6, 6.07) is 0. The fourth-order valence-electron chi connectivity index (χ4n) is 2.59. The average Bonchev–Trinajstić information content (AvgIpc) is 2.40. The Bertz CT molecular complexity index is 409. The summed E-state index contributed by atoms with van der Waals surface area (Å²) in [5.74, 6) is 0. The Labute approximate surface area is 99.8 Å². The maximum absolute atomic E-state index is 3.81. The van der Waals surface area contributed by atoms with Gasteiger partial charge in [-0.3, -0.25) is 0 Å². The van der Waals surface area contributed by atoms with Crippen LogP contribution in [0.4, 0.5) is 0 Å². The van der Waals surface area contributed by atoms with Gasteiger partial charge in [-0.1, -0.05) is 50.8 Å². The van der Waals surface area contributed by atoms with Crippen molar-refractivity contribution in [3.05, 3.63) is 59.3 Å². The van der Waals surface area contributed by atoms with Crippen LogP contribution in [0, 0.1) is 5.41 Å². The van der Waals surface area contributed by atoms with Crippen LogP contribution in [0.15, 0.2) is 59.3 Å². The zero-order valence-electron chi connectivity index (χ0n) is 11.1. The van der Waals surface area contributed by atoms with E-state index in [1.165, 1.54) is 22.3 Å². The number of hydrogen-bond acceptors (Lipinski definition) is 0. The Morgan fingerprint density at radius 2 is 1.81 bits per heavy atom. The van der Waals surface area contributed by atoms with E-state index >= 15 is 0 Å². The Hall–Kier alpha value is -1.30. The highest BCUT2D eigenvalue weighted by Gasteiger charge is 2.36. The van der Waals surface area contributed by atoms with Crippen molar-refractivity contribution in [3.63, 3.8) is 0 Å². The van der Waals surface area contributed by atoms with Gasteiger partial charge in [-0.25, -0.2) is 0 Å². The zero-order chi connectivity index (χ0) is 12.3. The molecule has 0 aliphatic heterocycles. The van der Waals surface area contributed by atoms with Crippen molar-refractivity contribution < 1.29 is 0 Å². The maximum Gasteiger partial charge on any atom is 0.0155 e. The first kappa shape index (κ1) is 12.8. The minimum absolute atomic E-state index is 0.0899. The normalized spacial score (nSPS) is 25.1. The second kappa shape index (κ2) is 4.69. The molecule has 86 valence electrons. The monoisotopic (exact) mass is 214 g/mol. The van der Waals surface area contributed by atoms with Crippen LogP contribution >= 0.6 is 0 Å². The summed E-state index contributed by atoms with van der Waals surface area (Å²) in [7, 11) is 0. The van der Waals surface area contributed by atoms with E-state index in [2.05, 4.69) is 65.5 Å². The Morgan fingerprint density at radius 1 is 1.19 bits per heavy atom. The van der Waals surface area contributed by atoms with Crippen LogP contribution in [0.3, 0.4) is 0 Å². The first-order valence-electron chi connectivity index (χ1n) is 5.85. The summed E-state index contributed by atoms with van der Waals surface area (Å²) in [6.07, 6.45) is 10.6. The summed E-state index contributed by atoms with van der Waals surface area (Å²) in [4.78, 5) is 0. The lowest BCUT2D eigenvalue weighted by molar-refractivity contribution is 0.578. The van der Waals surface area contributed by atoms with E-state index in [0.29, 0.717) is 0 Å². The van der Waals surface area contributed by atoms with Gasteiger partial charge in [0.25, 0.3) is 0 Å². The van der Waals surface area contributed by atoms with Gasteiger partial charge in [0.1, 0.15) is 0 Å². The van der Waals surface area contributed by atoms with Crippen molar-refractivity contribution >= 4 is 0 Å². The van der Waals surface area contributed by atoms with Crippen LogP contribution in [0.25, 0.3) is 0 Å². The lowest BCUT2D eigenvalue weighted by atomic mass is 9.80. The first-order chi connectivity index (χ1) is 7.50. The van der Waals surface area contributed by atoms with E-state index in [9.17, 15) is 0 Å². The molecule has 0 bridgehead atoms. The van der Waals surface area contributed by atoms with E-state index in [1.807, 2.05) is 6.08 Å². The maximum atomic E-state index is 3.81. The summed E-state index contributed by atoms with van der Waals surface area (Å²) in [6.45, 7) is 14.7. The molecule has 16 heavy (non-hydrogen) atoms. The number of rotatable bonds is 2. The van der Waals surface area contributed by atoms with Crippen molar-refractivity contribution in [1.82, 2.24) is 0 Å². The van der Waals surface area contributed by atoms with E-state index in [4.69, 9.17) is 0 Å². The van der Waals surface area contributed by atoms with Crippen molar-refractivity contribution in [3.8, 4) is 0 Å². The smallest absolute Gasteiger partial charge is 0.0155 e. The molecule has 1 rings (SSSR count). The Balaban J connectivity index is 3.46. The van der Waals surface area contributed by atoms with E-state index < -0.39 is 0 Å². The first-order valence-corrected chi connectivity index (χ1v) is 5.85. The van der Waals surface area contributed by atoms with Crippen LogP contribution in [-0.4, -0.2) is 0 Å². The summed E-state index contributed by atoms with van der Waals surface area (Å²) in [5, 5.41) is 0. The average molecular weight is 214 g/mol. The molecule has 0 aromatic rings. The number of allylic oxidation sites excluding steroid dienone is 9. The molecule has 0 amide bonds. The summed E-state index contributed by atoms with van der Waals surface area (Å²) >= 11 is 0. The predicted octanol–water partition coefficient (Wildman–Crippen LogP) is 4.98. The third-order valence-electron chi connectivity index (χ3n) is 3.35. The lowest BCUT2D eigenvalue weighted by Gasteiger charge is -2.23. The second-order valence-electron chi connectivity index (χ2n) is 4.68. The standard InChI is InChI=1S/C16H22/c1-7-10-14-12(4)13(9-3)15(11-8-2)16(14,5)6/h7-11H,2H2,1,3-6H3/b10-7-,13-9-,15-11?. The highest BCUT2D eigenvalue weighted by molar-refractivity contribution is 5.64. The van der Waals surface area contributed by atoms with Crippen molar-refractivity contribution in [2.24, 2.45) is 5.41 Å². The molecule has 0 radical (unpaired) electrons. The summed E-state index contributed by atoms with van der Waals surface area (Å²) < 4.78 is 0. The van der Waals surface area contributed by atoms with Gasteiger partial charge in [-0.15, -0.1) is 0 Å². The van der Waals surface area contributed by atoms with Crippen molar-refractivity contribution in [2.45, 2.75) is 34.6 Å². The molecule has 0 aromatic heterocycles. The van der Waals surface area contributed by atoms with Gasteiger partial charge < -0.3 is 0 Å². The quantitative estimate of drug-likeness (QED) is 0.608. The molecule has 0 heteroatoms. The third-order valence-corrected chi connectivity index (χ3v) is 3.35. The molecular formula is C16H22. The molecule has 0 spiro atoms. The fourth-order valence-corrected chi connectivity index (χ4v) is 2.59. The van der Waals surface area contributed by atoms with Crippen molar-refractivity contribution in [1.29, 1.82) is 0 Å². The fraction of sp³-hybridized carbons (Fsp3) is 0.375. The van der Waals surface area contributed by atoms with Gasteiger partial charge >= 0.3 is 0 Å². The molecule has 1 aliphatic carbocycles. The van der Waals surface area contributed by atoms with Gasteiger partial charge in [-0.05, 0) is 43.1 Å². The zero-order valence-corrected chi connectivity index (χ0v) is 11.1. The highest BCUT2D eigenvalue weighted by atomic mass is 14.4. The molecule has 0 saturated heterocycles. The van der Waals surface area contributed by atoms with Gasteiger partial charge in [0.15, 0.2) is 0 Å². The van der Waals surface area contributed by atoms with E-state index in [1.54, 1.807) is 0 Å². The molecule has 0 fully saturated rings. The van der Waals surface area contributed by atoms with Gasteiger partial charge in [-0.2, -0.15) is 0 Å². The number of hydrogen-bond donors (Lipinski definition) is 0. The molecule has 0 saturated carbocycles. The molecule has 0 aromatic carbocycles. The van der Waals surface area contributed by atoms with Crippen LogP contribution in [-0.2, 0) is 0 Å². The van der Waals surface area contributed by atoms with Gasteiger partial charge in [0, 0.05) is 5.41 Å². The van der Waals surface area contributed by atoms with E-state index in [0.717, 1.165) is 0 Å². The minimum Gasteiger partial charge on any atom is -0.0991 e. The molecule has 0 heterocycles. The topological polar surface area (TPSA) is 0 Å². The van der Waals surface area contributed by atoms with Crippen molar-refractivity contribution in [2.75, 3.05) is 0 Å². The summed E-state index contributed by atoms with van der Waals surface area (Å²) in [5.41, 5.74) is 5.62. The van der Waals surface area contributed by atoms with Crippen LogP contribution < -0.4 is 0 Å². The molecule has 1 aliphatic rings. The predicted molar refractivity (Wildman–Crippen MR) is 73.3 cm³/mol. The largest absolute Gasteiger partial charge is 0.0991 e. The molecule has 0 unspecified atom stereocenters. The molecule has 0 nitrogen and oxygen atoms in total. The van der Waals surface area contributed by atoms with Crippen LogP contribution in [0.2, 0.25) is 0 Å². The van der Waals surface area contributed by atoms with Crippen LogP contribution in [0.5, 0.6) is 0 Å². The Morgan fingerprint density at radius 3 is 2.25 bits per heavy atom.